The summed E-state index contributed by atoms with van der Waals surface area (Å²) in [6.07, 6.45) is 0.567. The average molecular weight is 518 g/mol. The molecule has 1 aromatic carbocycles. The number of halogens is 2. The molecule has 1 aromatic rings. The number of carbonyl (C=O) groups excluding carboxylic acids is 3. The third kappa shape index (κ3) is 3.25. The number of β-amino-alcohol motifs (C(OH)–C–C–N with tert-alkyl or cyclic N) is 1. The number of amides is 2. The molecule has 0 aromatic heterocycles. The first-order valence-electron chi connectivity index (χ1n) is 9.81. The fraction of sp³-hybridized carbons (Fsp3) is 0.550. The van der Waals surface area contributed by atoms with Crippen molar-refractivity contribution in [2.45, 2.75) is 34.2 Å². The summed E-state index contributed by atoms with van der Waals surface area (Å²) in [6, 6.07) is 6.06. The molecule has 6 atom stereocenters. The Balaban J connectivity index is 1.72. The zero-order valence-electron chi connectivity index (χ0n) is 16.2. The highest BCUT2D eigenvalue weighted by Gasteiger charge is 2.75. The number of hydrogen-bond acceptors (Lipinski definition) is 6. The molecule has 3 aliphatic heterocycles. The number of nitrogens with one attached hydrogen (secondary N) is 1. The maximum atomic E-state index is 13.4. The molecular weight excluding hydrogens is 496 g/mol. The first-order valence-corrected chi connectivity index (χ1v) is 12.0. The van der Waals surface area contributed by atoms with Gasteiger partial charge in [-0.05, 0) is 25.5 Å². The maximum absolute atomic E-state index is 13.4. The molecule has 0 saturated carbocycles. The number of ether oxygens (including phenoxy) is 1. The van der Waals surface area contributed by atoms with E-state index in [1.54, 1.807) is 31.2 Å². The van der Waals surface area contributed by atoms with Crippen molar-refractivity contribution in [3.63, 3.8) is 0 Å². The number of thioether (sulfide) groups is 1. The molecule has 2 amide bonds. The van der Waals surface area contributed by atoms with Crippen LogP contribution < -0.4 is 5.32 Å². The number of hydrogen-bond donors (Lipinski definition) is 2. The molecular formula is C20H22BrClN2O5S. The van der Waals surface area contributed by atoms with E-state index in [1.165, 1.54) is 16.7 Å². The molecule has 162 valence electrons. The van der Waals surface area contributed by atoms with Gasteiger partial charge >= 0.3 is 5.97 Å². The van der Waals surface area contributed by atoms with E-state index in [0.717, 1.165) is 0 Å². The van der Waals surface area contributed by atoms with Gasteiger partial charge in [0, 0.05) is 16.6 Å². The lowest BCUT2D eigenvalue weighted by Crippen LogP contribution is -2.52. The molecule has 7 nitrogen and oxygen atoms in total. The van der Waals surface area contributed by atoms with Crippen LogP contribution in [0.2, 0.25) is 5.02 Å². The Morgan fingerprint density at radius 3 is 2.83 bits per heavy atom. The van der Waals surface area contributed by atoms with Crippen molar-refractivity contribution in [3.8, 4) is 0 Å². The van der Waals surface area contributed by atoms with Crippen molar-refractivity contribution in [1.82, 2.24) is 4.90 Å². The van der Waals surface area contributed by atoms with Crippen LogP contribution in [-0.4, -0.2) is 68.4 Å². The van der Waals surface area contributed by atoms with Gasteiger partial charge in [-0.1, -0.05) is 39.7 Å². The number of esters is 1. The maximum Gasteiger partial charge on any atom is 0.310 e. The Morgan fingerprint density at radius 1 is 1.43 bits per heavy atom. The van der Waals surface area contributed by atoms with Crippen LogP contribution in [0, 0.1) is 11.8 Å². The third-order valence-electron chi connectivity index (χ3n) is 6.07. The first-order chi connectivity index (χ1) is 14.4. The largest absolute Gasteiger partial charge is 0.466 e. The summed E-state index contributed by atoms with van der Waals surface area (Å²) in [7, 11) is 0. The van der Waals surface area contributed by atoms with E-state index in [0.29, 0.717) is 17.1 Å². The Morgan fingerprint density at radius 2 is 2.17 bits per heavy atom. The monoisotopic (exact) mass is 516 g/mol. The van der Waals surface area contributed by atoms with Crippen molar-refractivity contribution in [2.75, 3.05) is 25.1 Å². The SMILES string of the molecule is CCOC(=O)[C@H]1[C@@H]2SC3(CC2Br)C(C(=O)Nc2ccccc2Cl)N(CCO)C(=O)[C@H]13. The van der Waals surface area contributed by atoms with Crippen LogP contribution in [0.3, 0.4) is 0 Å². The van der Waals surface area contributed by atoms with Gasteiger partial charge in [0.1, 0.15) is 6.04 Å². The van der Waals surface area contributed by atoms with Gasteiger partial charge in [0.25, 0.3) is 0 Å². The molecule has 2 N–H and O–H groups in total. The van der Waals surface area contributed by atoms with Gasteiger partial charge < -0.3 is 20.1 Å². The minimum atomic E-state index is -0.826. The zero-order valence-corrected chi connectivity index (χ0v) is 19.4. The van der Waals surface area contributed by atoms with Crippen LogP contribution in [0.15, 0.2) is 24.3 Å². The second kappa shape index (κ2) is 8.33. The molecule has 3 unspecified atom stereocenters. The van der Waals surface area contributed by atoms with Gasteiger partial charge in [-0.25, -0.2) is 0 Å². The fourth-order valence-electron chi connectivity index (χ4n) is 5.05. The quantitative estimate of drug-likeness (QED) is 0.444. The lowest BCUT2D eigenvalue weighted by molar-refractivity contribution is -0.153. The van der Waals surface area contributed by atoms with Gasteiger partial charge in [-0.3, -0.25) is 14.4 Å². The lowest BCUT2D eigenvalue weighted by Gasteiger charge is -2.35. The number of anilines is 1. The normalized spacial score (nSPS) is 34.2. The van der Waals surface area contributed by atoms with Crippen LogP contribution >= 0.6 is 39.3 Å². The standard InChI is InChI=1S/C20H22BrClN2O5S/c1-2-29-19(28)13-14-18(27)24(7-8-25)16(20(14)9-10(21)15(13)30-20)17(26)23-12-6-4-3-5-11(12)22/h3-6,10,13-16,25H,2,7-9H2,1H3,(H,23,26)/t10?,13-,14+,15-,16?,20?/m1/s1. The minimum absolute atomic E-state index is 0.0193. The van der Waals surface area contributed by atoms with Gasteiger partial charge in [-0.2, -0.15) is 0 Å². The average Bonchev–Trinajstić information content (AvgIpc) is 3.28. The molecule has 2 bridgehead atoms. The number of aliphatic hydroxyl groups is 1. The smallest absolute Gasteiger partial charge is 0.310 e. The van der Waals surface area contributed by atoms with Gasteiger partial charge in [0.15, 0.2) is 0 Å². The van der Waals surface area contributed by atoms with Crippen LogP contribution in [0.4, 0.5) is 5.69 Å². The van der Waals surface area contributed by atoms with E-state index in [4.69, 9.17) is 16.3 Å². The predicted molar refractivity (Wildman–Crippen MR) is 118 cm³/mol. The minimum Gasteiger partial charge on any atom is -0.466 e. The number of alkyl halides is 1. The van der Waals surface area contributed by atoms with Crippen molar-refractivity contribution in [2.24, 2.45) is 11.8 Å². The summed E-state index contributed by atoms with van der Waals surface area (Å²) in [6.45, 7) is 1.70. The fourth-order valence-corrected chi connectivity index (χ4v) is 8.83. The van der Waals surface area contributed by atoms with E-state index in [1.807, 2.05) is 0 Å². The number of benzene rings is 1. The van der Waals surface area contributed by atoms with Crippen molar-refractivity contribution in [3.05, 3.63) is 29.3 Å². The third-order valence-corrected chi connectivity index (χ3v) is 9.62. The number of rotatable bonds is 6. The predicted octanol–water partition coefficient (Wildman–Crippen LogP) is 2.30. The Bertz CT molecular complexity index is 889. The van der Waals surface area contributed by atoms with Crippen LogP contribution in [-0.2, 0) is 19.1 Å². The summed E-state index contributed by atoms with van der Waals surface area (Å²) >= 11 is 11.4. The molecule has 3 aliphatic rings. The molecule has 4 rings (SSSR count). The van der Waals surface area contributed by atoms with E-state index < -0.39 is 28.6 Å². The van der Waals surface area contributed by atoms with E-state index in [2.05, 4.69) is 21.2 Å². The van der Waals surface area contributed by atoms with Gasteiger partial charge in [0.2, 0.25) is 11.8 Å². The van der Waals surface area contributed by atoms with Crippen molar-refractivity contribution < 1.29 is 24.2 Å². The zero-order chi connectivity index (χ0) is 21.6. The van der Waals surface area contributed by atoms with Crippen molar-refractivity contribution in [1.29, 1.82) is 0 Å². The molecule has 3 saturated heterocycles. The number of aliphatic hydroxyl groups excluding tert-OH is 1. The Hall–Kier alpha value is -1.29. The summed E-state index contributed by atoms with van der Waals surface area (Å²) in [5, 5.41) is 12.7. The highest BCUT2D eigenvalue weighted by molar-refractivity contribution is 9.09. The highest BCUT2D eigenvalue weighted by atomic mass is 79.9. The molecule has 1 spiro atoms. The number of carbonyl (C=O) groups is 3. The van der Waals surface area contributed by atoms with Gasteiger partial charge in [-0.15, -0.1) is 11.8 Å². The molecule has 3 heterocycles. The van der Waals surface area contributed by atoms with E-state index in [9.17, 15) is 19.5 Å². The van der Waals surface area contributed by atoms with E-state index in [-0.39, 0.29) is 41.6 Å². The van der Waals surface area contributed by atoms with Crippen LogP contribution in [0.1, 0.15) is 13.3 Å². The molecule has 0 radical (unpaired) electrons. The molecule has 30 heavy (non-hydrogen) atoms. The summed E-state index contributed by atoms with van der Waals surface area (Å²) in [4.78, 5) is 41.0. The molecule has 3 fully saturated rings. The summed E-state index contributed by atoms with van der Waals surface area (Å²) in [5.74, 6) is -2.34. The lowest BCUT2D eigenvalue weighted by atomic mass is 9.71. The van der Waals surface area contributed by atoms with Gasteiger partial charge in [0.05, 0.1) is 40.5 Å². The van der Waals surface area contributed by atoms with Crippen LogP contribution in [0.5, 0.6) is 0 Å². The topological polar surface area (TPSA) is 95.9 Å². The summed E-state index contributed by atoms with van der Waals surface area (Å²) < 4.78 is 4.50. The van der Waals surface area contributed by atoms with Crippen LogP contribution in [0.25, 0.3) is 0 Å². The number of likely N-dealkylation sites (tertiary alicyclic amines) is 1. The number of fused-ring (bicyclic) bond motifs is 1. The molecule has 0 aliphatic carbocycles. The summed E-state index contributed by atoms with van der Waals surface area (Å²) in [5.41, 5.74) is 0.454. The second-order valence-corrected chi connectivity index (χ2v) is 10.8. The Labute approximate surface area is 192 Å². The number of nitrogens with zero attached hydrogens (tertiary/aromatic N) is 1. The number of para-hydroxylation sites is 1. The molecule has 10 heteroatoms. The van der Waals surface area contributed by atoms with Crippen molar-refractivity contribution >= 4 is 62.8 Å². The highest BCUT2D eigenvalue weighted by Crippen LogP contribution is 2.67. The van der Waals surface area contributed by atoms with E-state index >= 15 is 0 Å². The first kappa shape index (κ1) is 21.9. The second-order valence-electron chi connectivity index (χ2n) is 7.64. The Kier molecular flexibility index (Phi) is 6.09.